The summed E-state index contributed by atoms with van der Waals surface area (Å²) in [6.45, 7) is 4.87. The number of ether oxygens (including phenoxy) is 3. The van der Waals surface area contributed by atoms with Gasteiger partial charge in [-0.05, 0) is 45.1 Å². The SMILES string of the molecule is COc1cc2nc(NCc3nccs3)nc(NC3CCN(Cc4c(OCCN(C)C)cccc4N(C)C)CC3)c2cc1OC. The van der Waals surface area contributed by atoms with Crippen molar-refractivity contribution in [3.63, 3.8) is 0 Å². The molecule has 0 unspecified atom stereocenters. The fourth-order valence-corrected chi connectivity index (χ4v) is 5.95. The van der Waals surface area contributed by atoms with Crippen molar-refractivity contribution in [3.8, 4) is 17.2 Å². The molecule has 2 N–H and O–H groups in total. The van der Waals surface area contributed by atoms with E-state index < -0.39 is 0 Å². The van der Waals surface area contributed by atoms with Gasteiger partial charge in [0.15, 0.2) is 11.5 Å². The molecule has 1 aliphatic rings. The molecule has 2 aromatic heterocycles. The van der Waals surface area contributed by atoms with E-state index in [4.69, 9.17) is 24.2 Å². The number of piperidine rings is 1. The van der Waals surface area contributed by atoms with Crippen LogP contribution in [0, 0.1) is 0 Å². The van der Waals surface area contributed by atoms with Crippen LogP contribution in [0.2, 0.25) is 0 Å². The van der Waals surface area contributed by atoms with Crippen molar-refractivity contribution in [2.24, 2.45) is 0 Å². The minimum absolute atomic E-state index is 0.268. The van der Waals surface area contributed by atoms with Crippen molar-refractivity contribution < 1.29 is 14.2 Å². The Hall–Kier alpha value is -3.87. The number of fused-ring (bicyclic) bond motifs is 1. The van der Waals surface area contributed by atoms with Crippen LogP contribution >= 0.6 is 11.3 Å². The number of nitrogens with zero attached hydrogens (tertiary/aromatic N) is 6. The van der Waals surface area contributed by atoms with Crippen molar-refractivity contribution in [3.05, 3.63) is 52.5 Å². The lowest BCUT2D eigenvalue weighted by molar-refractivity contribution is 0.205. The highest BCUT2D eigenvalue weighted by atomic mass is 32.1. The predicted molar refractivity (Wildman–Crippen MR) is 179 cm³/mol. The number of likely N-dealkylation sites (tertiary alicyclic amines) is 1. The summed E-state index contributed by atoms with van der Waals surface area (Å²) in [6, 6.07) is 10.5. The van der Waals surface area contributed by atoms with Gasteiger partial charge >= 0.3 is 0 Å². The Bertz CT molecular complexity index is 1510. The maximum Gasteiger partial charge on any atom is 0.225 e. The van der Waals surface area contributed by atoms with E-state index in [2.05, 4.69) is 76.7 Å². The van der Waals surface area contributed by atoms with Crippen LogP contribution in [0.15, 0.2) is 41.9 Å². The first-order chi connectivity index (χ1) is 21.3. The van der Waals surface area contributed by atoms with E-state index in [1.807, 2.05) is 17.5 Å². The summed E-state index contributed by atoms with van der Waals surface area (Å²) < 4.78 is 17.4. The third kappa shape index (κ3) is 7.79. The first-order valence-corrected chi connectivity index (χ1v) is 15.8. The number of rotatable bonds is 14. The van der Waals surface area contributed by atoms with E-state index >= 15 is 0 Å². The summed E-state index contributed by atoms with van der Waals surface area (Å²) >= 11 is 1.60. The van der Waals surface area contributed by atoms with Crippen molar-refractivity contribution >= 4 is 39.7 Å². The van der Waals surface area contributed by atoms with Crippen LogP contribution in [0.5, 0.6) is 17.2 Å². The number of thiazole rings is 1. The lowest BCUT2D eigenvalue weighted by Gasteiger charge is -2.34. The quantitative estimate of drug-likeness (QED) is 0.203. The van der Waals surface area contributed by atoms with E-state index in [0.717, 1.165) is 66.5 Å². The second-order valence-corrected chi connectivity index (χ2v) is 12.4. The molecule has 0 spiro atoms. The van der Waals surface area contributed by atoms with Gasteiger partial charge < -0.3 is 34.6 Å². The van der Waals surface area contributed by atoms with Gasteiger partial charge in [-0.2, -0.15) is 4.98 Å². The Morgan fingerprint density at radius 1 is 1.00 bits per heavy atom. The minimum atomic E-state index is 0.268. The van der Waals surface area contributed by atoms with Gasteiger partial charge in [0, 0.05) is 80.6 Å². The third-order valence-electron chi connectivity index (χ3n) is 7.78. The smallest absolute Gasteiger partial charge is 0.225 e. The maximum atomic E-state index is 6.26. The maximum absolute atomic E-state index is 6.26. The molecule has 1 aliphatic heterocycles. The van der Waals surface area contributed by atoms with Crippen molar-refractivity contribution in [2.45, 2.75) is 32.0 Å². The molecule has 0 radical (unpaired) electrons. The number of nitrogens with one attached hydrogen (secondary N) is 2. The highest BCUT2D eigenvalue weighted by Crippen LogP contribution is 2.36. The normalized spacial score (nSPS) is 14.2. The molecule has 0 bridgehead atoms. The van der Waals surface area contributed by atoms with Gasteiger partial charge in [-0.1, -0.05) is 6.07 Å². The predicted octanol–water partition coefficient (Wildman–Crippen LogP) is 4.80. The number of likely N-dealkylation sites (N-methyl/N-ethyl adjacent to an activating group) is 1. The van der Waals surface area contributed by atoms with Crippen molar-refractivity contribution in [1.82, 2.24) is 24.8 Å². The van der Waals surface area contributed by atoms with Crippen LogP contribution in [0.1, 0.15) is 23.4 Å². The van der Waals surface area contributed by atoms with Gasteiger partial charge in [-0.3, -0.25) is 4.90 Å². The Kier molecular flexibility index (Phi) is 10.6. The Morgan fingerprint density at radius 2 is 1.77 bits per heavy atom. The molecule has 11 nitrogen and oxygen atoms in total. The molecule has 1 saturated heterocycles. The summed E-state index contributed by atoms with van der Waals surface area (Å²) in [5.41, 5.74) is 3.21. The molecule has 1 fully saturated rings. The highest BCUT2D eigenvalue weighted by molar-refractivity contribution is 7.09. The summed E-state index contributed by atoms with van der Waals surface area (Å²) in [6.07, 6.45) is 3.78. The molecule has 236 valence electrons. The average Bonchev–Trinajstić information content (AvgIpc) is 3.54. The number of anilines is 3. The summed E-state index contributed by atoms with van der Waals surface area (Å²) in [5.74, 6) is 3.57. The van der Waals surface area contributed by atoms with E-state index in [1.165, 1.54) is 11.3 Å². The lowest BCUT2D eigenvalue weighted by Crippen LogP contribution is -2.39. The second kappa shape index (κ2) is 14.7. The molecule has 4 aromatic rings. The number of benzene rings is 2. The van der Waals surface area contributed by atoms with E-state index in [0.29, 0.717) is 30.6 Å². The fraction of sp³-hybridized carbons (Fsp3) is 0.469. The first-order valence-electron chi connectivity index (χ1n) is 15.0. The number of hydrogen-bond donors (Lipinski definition) is 2. The van der Waals surface area contributed by atoms with Crippen LogP contribution in [-0.2, 0) is 13.1 Å². The number of hydrogen-bond acceptors (Lipinski definition) is 12. The van der Waals surface area contributed by atoms with Crippen LogP contribution in [0.3, 0.4) is 0 Å². The second-order valence-electron chi connectivity index (χ2n) is 11.4. The summed E-state index contributed by atoms with van der Waals surface area (Å²) in [7, 11) is 11.6. The van der Waals surface area contributed by atoms with Gasteiger partial charge in [0.1, 0.15) is 23.2 Å². The van der Waals surface area contributed by atoms with Gasteiger partial charge in [0.05, 0.1) is 26.3 Å². The molecule has 44 heavy (non-hydrogen) atoms. The first kappa shape index (κ1) is 31.6. The van der Waals surface area contributed by atoms with Gasteiger partial charge in [0.25, 0.3) is 0 Å². The zero-order valence-corrected chi connectivity index (χ0v) is 27.4. The van der Waals surface area contributed by atoms with E-state index in [9.17, 15) is 0 Å². The molecular formula is C32H44N8O3S. The Balaban J connectivity index is 1.31. The average molecular weight is 621 g/mol. The van der Waals surface area contributed by atoms with Gasteiger partial charge in [-0.25, -0.2) is 9.97 Å². The lowest BCUT2D eigenvalue weighted by atomic mass is 10.0. The van der Waals surface area contributed by atoms with Gasteiger partial charge in [0.2, 0.25) is 5.95 Å². The van der Waals surface area contributed by atoms with Crippen LogP contribution in [0.25, 0.3) is 10.9 Å². The minimum Gasteiger partial charge on any atom is -0.493 e. The van der Waals surface area contributed by atoms with Crippen LogP contribution < -0.4 is 29.7 Å². The highest BCUT2D eigenvalue weighted by Gasteiger charge is 2.24. The summed E-state index contributed by atoms with van der Waals surface area (Å²) in [4.78, 5) is 20.9. The monoisotopic (exact) mass is 620 g/mol. The molecular weight excluding hydrogens is 576 g/mol. The Morgan fingerprint density at radius 3 is 2.45 bits per heavy atom. The topological polar surface area (TPSA) is 100 Å². The molecule has 0 amide bonds. The van der Waals surface area contributed by atoms with Crippen LogP contribution in [-0.4, -0.2) is 99.4 Å². The Labute approximate surface area is 264 Å². The molecule has 0 saturated carbocycles. The molecule has 2 aromatic carbocycles. The zero-order chi connectivity index (χ0) is 31.1. The van der Waals surface area contributed by atoms with Crippen molar-refractivity contribution in [1.29, 1.82) is 0 Å². The van der Waals surface area contributed by atoms with E-state index in [-0.39, 0.29) is 6.04 Å². The zero-order valence-electron chi connectivity index (χ0n) is 26.6. The largest absolute Gasteiger partial charge is 0.493 e. The number of methoxy groups -OCH3 is 2. The molecule has 0 atom stereocenters. The molecule has 3 heterocycles. The van der Waals surface area contributed by atoms with Crippen LogP contribution in [0.4, 0.5) is 17.5 Å². The van der Waals surface area contributed by atoms with E-state index in [1.54, 1.807) is 31.8 Å². The third-order valence-corrected chi connectivity index (χ3v) is 8.56. The molecule has 0 aliphatic carbocycles. The van der Waals surface area contributed by atoms with Gasteiger partial charge in [-0.15, -0.1) is 11.3 Å². The fourth-order valence-electron chi connectivity index (χ4n) is 5.40. The summed E-state index contributed by atoms with van der Waals surface area (Å²) in [5, 5.41) is 10.9. The molecule has 12 heteroatoms. The standard InChI is InChI=1S/C32H44N8O3S/c1-38(2)15-16-43-27-9-7-8-26(39(3)4)24(27)21-40-13-10-22(11-14-40)35-31-23-18-28(41-5)29(42-6)19-25(23)36-32(37-31)34-20-30-33-12-17-44-30/h7-9,12,17-19,22H,10-11,13-16,20-21H2,1-6H3,(H2,34,35,36,37). The molecule has 5 rings (SSSR count). The number of aromatic nitrogens is 3. The van der Waals surface area contributed by atoms with Crippen molar-refractivity contribution in [2.75, 3.05) is 84.2 Å².